The van der Waals surface area contributed by atoms with Crippen molar-refractivity contribution in [2.24, 2.45) is 5.41 Å². The second-order valence-corrected chi connectivity index (χ2v) is 6.40. The zero-order valence-corrected chi connectivity index (χ0v) is 11.9. The third-order valence-corrected chi connectivity index (χ3v) is 4.92. The van der Waals surface area contributed by atoms with Gasteiger partial charge in [-0.25, -0.2) is 0 Å². The molecule has 1 heterocycles. The Balaban J connectivity index is 2.07. The van der Waals surface area contributed by atoms with Gasteiger partial charge in [0.15, 0.2) is 0 Å². The third kappa shape index (κ3) is 2.32. The molecule has 1 amide bonds. The summed E-state index contributed by atoms with van der Waals surface area (Å²) in [7, 11) is 0. The van der Waals surface area contributed by atoms with Crippen molar-refractivity contribution in [1.82, 2.24) is 0 Å². The lowest BCUT2D eigenvalue weighted by Gasteiger charge is -2.38. The van der Waals surface area contributed by atoms with Gasteiger partial charge in [0.25, 0.3) is 0 Å². The van der Waals surface area contributed by atoms with Crippen LogP contribution >= 0.6 is 0 Å². The van der Waals surface area contributed by atoms with Gasteiger partial charge in [-0.1, -0.05) is 38.3 Å². The molecule has 1 aliphatic carbocycles. The average molecular weight is 297 g/mol. The maximum atomic E-state index is 13.1. The van der Waals surface area contributed by atoms with Crippen LogP contribution in [0, 0.1) is 5.41 Å². The number of benzene rings is 1. The van der Waals surface area contributed by atoms with E-state index in [2.05, 4.69) is 5.32 Å². The first kappa shape index (κ1) is 14.4. The zero-order chi connectivity index (χ0) is 15.3. The highest BCUT2D eigenvalue weighted by Gasteiger charge is 2.47. The standard InChI is InChI=1S/C16H18F3NO/c1-15(8-3-2-4-9-15)12-10-6-5-7-11(16(17,18)19)13(10)20-14(12)21/h5-7,12H,2-4,8-9H2,1H3,(H,20,21). The van der Waals surface area contributed by atoms with Gasteiger partial charge in [0, 0.05) is 0 Å². The molecule has 2 aliphatic rings. The van der Waals surface area contributed by atoms with E-state index in [0.29, 0.717) is 5.56 Å². The molecule has 114 valence electrons. The highest BCUT2D eigenvalue weighted by molar-refractivity contribution is 6.04. The number of rotatable bonds is 1. The van der Waals surface area contributed by atoms with Crippen molar-refractivity contribution >= 4 is 11.6 Å². The Kier molecular flexibility index (Phi) is 3.26. The Labute approximate surface area is 121 Å². The van der Waals surface area contributed by atoms with Crippen molar-refractivity contribution in [1.29, 1.82) is 0 Å². The van der Waals surface area contributed by atoms with E-state index in [9.17, 15) is 18.0 Å². The summed E-state index contributed by atoms with van der Waals surface area (Å²) in [5, 5.41) is 2.49. The van der Waals surface area contributed by atoms with Crippen molar-refractivity contribution in [3.8, 4) is 0 Å². The Morgan fingerprint density at radius 2 is 1.86 bits per heavy atom. The first-order chi connectivity index (χ1) is 9.83. The number of carbonyl (C=O) groups is 1. The van der Waals surface area contributed by atoms with Crippen molar-refractivity contribution in [3.63, 3.8) is 0 Å². The predicted molar refractivity (Wildman–Crippen MR) is 74.0 cm³/mol. The van der Waals surface area contributed by atoms with Crippen LogP contribution in [0.3, 0.4) is 0 Å². The maximum Gasteiger partial charge on any atom is 0.418 e. The molecule has 1 unspecified atom stereocenters. The number of carbonyl (C=O) groups excluding carboxylic acids is 1. The van der Waals surface area contributed by atoms with Crippen LogP contribution in [-0.2, 0) is 11.0 Å². The number of hydrogen-bond donors (Lipinski definition) is 1. The number of amides is 1. The summed E-state index contributed by atoms with van der Waals surface area (Å²) in [5.74, 6) is -0.749. The largest absolute Gasteiger partial charge is 0.418 e. The Hall–Kier alpha value is -1.52. The van der Waals surface area contributed by atoms with Gasteiger partial charge in [-0.3, -0.25) is 4.79 Å². The van der Waals surface area contributed by atoms with E-state index in [1.54, 1.807) is 6.07 Å². The van der Waals surface area contributed by atoms with Gasteiger partial charge in [0.05, 0.1) is 17.2 Å². The molecule has 0 bridgehead atoms. The lowest BCUT2D eigenvalue weighted by Crippen LogP contribution is -2.32. The molecule has 2 nitrogen and oxygen atoms in total. The van der Waals surface area contributed by atoms with E-state index in [1.165, 1.54) is 6.07 Å². The zero-order valence-electron chi connectivity index (χ0n) is 11.9. The molecule has 1 saturated carbocycles. The van der Waals surface area contributed by atoms with Crippen LogP contribution in [-0.4, -0.2) is 5.91 Å². The summed E-state index contributed by atoms with van der Waals surface area (Å²) >= 11 is 0. The van der Waals surface area contributed by atoms with Crippen molar-refractivity contribution in [2.75, 3.05) is 5.32 Å². The Morgan fingerprint density at radius 3 is 2.48 bits per heavy atom. The van der Waals surface area contributed by atoms with Gasteiger partial charge in [0.2, 0.25) is 5.91 Å². The van der Waals surface area contributed by atoms with Crippen LogP contribution in [0.1, 0.15) is 56.1 Å². The van der Waals surface area contributed by atoms with Gasteiger partial charge in [-0.15, -0.1) is 0 Å². The molecule has 21 heavy (non-hydrogen) atoms. The lowest BCUT2D eigenvalue weighted by molar-refractivity contribution is -0.136. The van der Waals surface area contributed by atoms with E-state index in [0.717, 1.165) is 38.2 Å². The van der Waals surface area contributed by atoms with E-state index in [4.69, 9.17) is 0 Å². The molecule has 0 saturated heterocycles. The second-order valence-electron chi connectivity index (χ2n) is 6.40. The van der Waals surface area contributed by atoms with Crippen LogP contribution in [0.25, 0.3) is 0 Å². The summed E-state index contributed by atoms with van der Waals surface area (Å²) in [6.07, 6.45) is 0.547. The molecule has 5 heteroatoms. The van der Waals surface area contributed by atoms with Gasteiger partial charge in [-0.2, -0.15) is 13.2 Å². The molecule has 1 N–H and O–H groups in total. The SMILES string of the molecule is CC1(C2C(=O)Nc3c2cccc3C(F)(F)F)CCCCC1. The smallest absolute Gasteiger partial charge is 0.325 e. The minimum Gasteiger partial charge on any atom is -0.325 e. The molecule has 0 radical (unpaired) electrons. The van der Waals surface area contributed by atoms with Crippen LogP contribution in [0.5, 0.6) is 0 Å². The monoisotopic (exact) mass is 297 g/mol. The van der Waals surface area contributed by atoms with Crippen molar-refractivity contribution in [3.05, 3.63) is 29.3 Å². The minimum absolute atomic E-state index is 0.0354. The fourth-order valence-corrected chi connectivity index (χ4v) is 3.86. The normalized spacial score (nSPS) is 24.6. The number of nitrogens with one attached hydrogen (secondary N) is 1. The first-order valence-electron chi connectivity index (χ1n) is 7.34. The van der Waals surface area contributed by atoms with E-state index >= 15 is 0 Å². The fourth-order valence-electron chi connectivity index (χ4n) is 3.86. The topological polar surface area (TPSA) is 29.1 Å². The molecule has 0 spiro atoms. The van der Waals surface area contributed by atoms with Gasteiger partial charge in [-0.05, 0) is 29.9 Å². The van der Waals surface area contributed by atoms with Crippen LogP contribution in [0.4, 0.5) is 18.9 Å². The van der Waals surface area contributed by atoms with E-state index in [-0.39, 0.29) is 17.0 Å². The number of halogens is 3. The number of hydrogen-bond acceptors (Lipinski definition) is 1. The van der Waals surface area contributed by atoms with Crippen LogP contribution < -0.4 is 5.32 Å². The molecular formula is C16H18F3NO. The van der Waals surface area contributed by atoms with E-state index < -0.39 is 17.7 Å². The lowest BCUT2D eigenvalue weighted by atomic mass is 9.65. The number of alkyl halides is 3. The van der Waals surface area contributed by atoms with Crippen molar-refractivity contribution in [2.45, 2.75) is 51.1 Å². The van der Waals surface area contributed by atoms with Crippen LogP contribution in [0.2, 0.25) is 0 Å². The average Bonchev–Trinajstić information content (AvgIpc) is 2.74. The fraction of sp³-hybridized carbons (Fsp3) is 0.562. The summed E-state index contributed by atoms with van der Waals surface area (Å²) in [4.78, 5) is 12.3. The number of para-hydroxylation sites is 1. The summed E-state index contributed by atoms with van der Waals surface area (Å²) in [6.45, 7) is 2.03. The minimum atomic E-state index is -4.44. The predicted octanol–water partition coefficient (Wildman–Crippen LogP) is 4.71. The number of fused-ring (bicyclic) bond motifs is 1. The first-order valence-corrected chi connectivity index (χ1v) is 7.34. The molecule has 1 atom stereocenters. The molecule has 0 aromatic heterocycles. The van der Waals surface area contributed by atoms with Gasteiger partial charge < -0.3 is 5.32 Å². The second kappa shape index (κ2) is 4.75. The summed E-state index contributed by atoms with van der Waals surface area (Å²) in [6, 6.07) is 4.10. The third-order valence-electron chi connectivity index (χ3n) is 4.92. The van der Waals surface area contributed by atoms with Gasteiger partial charge >= 0.3 is 6.18 Å². The van der Waals surface area contributed by atoms with Crippen molar-refractivity contribution < 1.29 is 18.0 Å². The highest BCUT2D eigenvalue weighted by atomic mass is 19.4. The summed E-state index contributed by atoms with van der Waals surface area (Å²) in [5.41, 5.74) is -0.501. The highest BCUT2D eigenvalue weighted by Crippen LogP contribution is 2.53. The number of anilines is 1. The molecule has 1 aromatic carbocycles. The molecule has 1 aliphatic heterocycles. The maximum absolute atomic E-state index is 13.1. The van der Waals surface area contributed by atoms with Gasteiger partial charge in [0.1, 0.15) is 0 Å². The van der Waals surface area contributed by atoms with E-state index in [1.807, 2.05) is 6.92 Å². The quantitative estimate of drug-likeness (QED) is 0.799. The summed E-state index contributed by atoms with van der Waals surface area (Å²) < 4.78 is 39.3. The molecule has 3 rings (SSSR count). The molecular weight excluding hydrogens is 279 g/mol. The molecule has 1 fully saturated rings. The Bertz CT molecular complexity index is 573. The Morgan fingerprint density at radius 1 is 1.19 bits per heavy atom. The van der Waals surface area contributed by atoms with Crippen LogP contribution in [0.15, 0.2) is 18.2 Å². The molecule has 1 aromatic rings.